The fourth-order valence-electron chi connectivity index (χ4n) is 3.33. The van der Waals surface area contributed by atoms with Gasteiger partial charge in [-0.3, -0.25) is 4.79 Å². The number of thiophene rings is 1. The van der Waals surface area contributed by atoms with Crippen LogP contribution in [0, 0.1) is 19.8 Å². The molecule has 1 saturated heterocycles. The summed E-state index contributed by atoms with van der Waals surface area (Å²) in [6, 6.07) is 0. The van der Waals surface area contributed by atoms with Crippen molar-refractivity contribution in [3.8, 4) is 0 Å². The molecule has 25 heavy (non-hydrogen) atoms. The average Bonchev–Trinajstić information content (AvgIpc) is 2.87. The molecule has 0 spiro atoms. The molecule has 2 aromatic rings. The van der Waals surface area contributed by atoms with Crippen molar-refractivity contribution in [3.63, 3.8) is 0 Å². The van der Waals surface area contributed by atoms with Gasteiger partial charge in [0, 0.05) is 29.8 Å². The summed E-state index contributed by atoms with van der Waals surface area (Å²) < 4.78 is 0. The molecular formula is C19H27N3OS2. The van der Waals surface area contributed by atoms with Crippen LogP contribution in [0.4, 0.5) is 0 Å². The van der Waals surface area contributed by atoms with E-state index in [1.165, 1.54) is 16.9 Å². The first kappa shape index (κ1) is 18.6. The number of hydrogen-bond donors (Lipinski definition) is 0. The number of piperidine rings is 1. The second-order valence-corrected chi connectivity index (χ2v) is 9.20. The Hall–Kier alpha value is -1.14. The molecule has 0 aromatic carbocycles. The summed E-state index contributed by atoms with van der Waals surface area (Å²) in [6.07, 6.45) is 4.27. The molecule has 136 valence electrons. The smallest absolute Gasteiger partial charge is 0.232 e. The number of nitrogens with zero attached hydrogens (tertiary/aromatic N) is 3. The molecule has 6 heteroatoms. The zero-order valence-electron chi connectivity index (χ0n) is 15.6. The quantitative estimate of drug-likeness (QED) is 0.564. The molecule has 0 unspecified atom stereocenters. The van der Waals surface area contributed by atoms with E-state index in [2.05, 4.69) is 27.7 Å². The molecular weight excluding hydrogens is 350 g/mol. The predicted octanol–water partition coefficient (Wildman–Crippen LogP) is 4.61. The summed E-state index contributed by atoms with van der Waals surface area (Å²) in [5.41, 5.74) is 1.25. The van der Waals surface area contributed by atoms with Crippen molar-refractivity contribution in [2.45, 2.75) is 58.4 Å². The Morgan fingerprint density at radius 3 is 2.88 bits per heavy atom. The lowest BCUT2D eigenvalue weighted by Crippen LogP contribution is -2.40. The highest BCUT2D eigenvalue weighted by molar-refractivity contribution is 8.00. The Balaban J connectivity index is 1.80. The van der Waals surface area contributed by atoms with Gasteiger partial charge in [-0.2, -0.15) is 0 Å². The number of aryl methyl sites for hydroxylation is 3. The predicted molar refractivity (Wildman–Crippen MR) is 107 cm³/mol. The van der Waals surface area contributed by atoms with E-state index in [-0.39, 0.29) is 5.91 Å². The molecule has 1 amide bonds. The van der Waals surface area contributed by atoms with E-state index in [1.807, 2.05) is 4.90 Å². The molecule has 0 saturated carbocycles. The van der Waals surface area contributed by atoms with Crippen LogP contribution in [-0.2, 0) is 11.2 Å². The highest BCUT2D eigenvalue weighted by Crippen LogP contribution is 2.35. The molecule has 1 fully saturated rings. The number of likely N-dealkylation sites (tertiary alicyclic amines) is 1. The third-order valence-electron chi connectivity index (χ3n) is 4.86. The molecule has 0 N–H and O–H groups in total. The molecule has 0 aliphatic carbocycles. The molecule has 3 rings (SSSR count). The van der Waals surface area contributed by atoms with Gasteiger partial charge in [-0.25, -0.2) is 9.97 Å². The van der Waals surface area contributed by atoms with Crippen LogP contribution >= 0.6 is 23.1 Å². The Morgan fingerprint density at radius 1 is 1.36 bits per heavy atom. The van der Waals surface area contributed by atoms with Crippen LogP contribution in [0.15, 0.2) is 5.03 Å². The van der Waals surface area contributed by atoms with Crippen molar-refractivity contribution in [3.05, 3.63) is 16.3 Å². The molecule has 4 nitrogen and oxygen atoms in total. The van der Waals surface area contributed by atoms with Gasteiger partial charge in [0.15, 0.2) is 0 Å². The highest BCUT2D eigenvalue weighted by Gasteiger charge is 2.22. The SMILES string of the molecule is CCCc1nc(SCC(=O)N2CCC[C@H](C)C2)c2c(C)c(C)sc2n1. The number of thioether (sulfide) groups is 1. The summed E-state index contributed by atoms with van der Waals surface area (Å²) in [6.45, 7) is 10.4. The zero-order chi connectivity index (χ0) is 18.0. The van der Waals surface area contributed by atoms with Crippen LogP contribution in [0.25, 0.3) is 10.2 Å². The number of hydrogen-bond acceptors (Lipinski definition) is 5. The van der Waals surface area contributed by atoms with Gasteiger partial charge < -0.3 is 4.90 Å². The monoisotopic (exact) mass is 377 g/mol. The lowest BCUT2D eigenvalue weighted by Gasteiger charge is -2.30. The third-order valence-corrected chi connectivity index (χ3v) is 6.92. The largest absolute Gasteiger partial charge is 0.342 e. The first-order valence-corrected chi connectivity index (χ1v) is 11.0. The molecule has 1 aliphatic rings. The minimum Gasteiger partial charge on any atom is -0.342 e. The Kier molecular flexibility index (Phi) is 6.00. The first-order chi connectivity index (χ1) is 12.0. The van der Waals surface area contributed by atoms with Gasteiger partial charge in [0.2, 0.25) is 5.91 Å². The van der Waals surface area contributed by atoms with Crippen LogP contribution in [0.5, 0.6) is 0 Å². The second-order valence-electron chi connectivity index (χ2n) is 7.03. The van der Waals surface area contributed by atoms with Crippen molar-refractivity contribution in [1.82, 2.24) is 14.9 Å². The highest BCUT2D eigenvalue weighted by atomic mass is 32.2. The van der Waals surface area contributed by atoms with Gasteiger partial charge in [-0.1, -0.05) is 25.6 Å². The third kappa shape index (κ3) is 4.17. The molecule has 3 heterocycles. The van der Waals surface area contributed by atoms with Crippen molar-refractivity contribution >= 4 is 39.2 Å². The van der Waals surface area contributed by atoms with Crippen molar-refractivity contribution in [2.75, 3.05) is 18.8 Å². The maximum atomic E-state index is 12.6. The van der Waals surface area contributed by atoms with E-state index in [0.717, 1.165) is 53.4 Å². The fourth-order valence-corrected chi connectivity index (χ4v) is 5.45. The minimum atomic E-state index is 0.241. The standard InChI is InChI=1S/C19H27N3OS2/c1-5-7-15-20-18(17-13(3)14(4)25-19(17)21-15)24-11-16(23)22-9-6-8-12(2)10-22/h12H,5-11H2,1-4H3/t12-/m0/s1. The lowest BCUT2D eigenvalue weighted by atomic mass is 10.0. The van der Waals surface area contributed by atoms with Crippen molar-refractivity contribution in [1.29, 1.82) is 0 Å². The van der Waals surface area contributed by atoms with Crippen LogP contribution in [-0.4, -0.2) is 39.6 Å². The topological polar surface area (TPSA) is 46.1 Å². The van der Waals surface area contributed by atoms with Gasteiger partial charge >= 0.3 is 0 Å². The van der Waals surface area contributed by atoms with Crippen molar-refractivity contribution < 1.29 is 4.79 Å². The second kappa shape index (κ2) is 8.04. The zero-order valence-corrected chi connectivity index (χ0v) is 17.2. The van der Waals surface area contributed by atoms with Gasteiger partial charge in [0.1, 0.15) is 15.7 Å². The maximum absolute atomic E-state index is 12.6. The number of rotatable bonds is 5. The molecule has 0 radical (unpaired) electrons. The average molecular weight is 378 g/mol. The first-order valence-electron chi connectivity index (χ1n) is 9.16. The molecule has 0 bridgehead atoms. The number of carbonyl (C=O) groups excluding carboxylic acids is 1. The van der Waals surface area contributed by atoms with E-state index in [4.69, 9.17) is 9.97 Å². The molecule has 1 aliphatic heterocycles. The van der Waals surface area contributed by atoms with E-state index in [9.17, 15) is 4.79 Å². The summed E-state index contributed by atoms with van der Waals surface area (Å²) in [5, 5.41) is 2.13. The van der Waals surface area contributed by atoms with Crippen LogP contribution in [0.3, 0.4) is 0 Å². The normalized spacial score (nSPS) is 18.1. The lowest BCUT2D eigenvalue weighted by molar-refractivity contribution is -0.130. The van der Waals surface area contributed by atoms with E-state index >= 15 is 0 Å². The molecule has 2 aromatic heterocycles. The number of fused-ring (bicyclic) bond motifs is 1. The van der Waals surface area contributed by atoms with Crippen molar-refractivity contribution in [2.24, 2.45) is 5.92 Å². The van der Waals surface area contributed by atoms with Gasteiger partial charge in [0.25, 0.3) is 0 Å². The number of aromatic nitrogens is 2. The Morgan fingerprint density at radius 2 is 2.16 bits per heavy atom. The summed E-state index contributed by atoms with van der Waals surface area (Å²) >= 11 is 3.32. The van der Waals surface area contributed by atoms with Crippen LogP contribution in [0.2, 0.25) is 0 Å². The van der Waals surface area contributed by atoms with Gasteiger partial charge in [0.05, 0.1) is 5.75 Å². The van der Waals surface area contributed by atoms with E-state index in [0.29, 0.717) is 11.7 Å². The summed E-state index contributed by atoms with van der Waals surface area (Å²) in [5.74, 6) is 2.23. The summed E-state index contributed by atoms with van der Waals surface area (Å²) in [4.78, 5) is 26.5. The summed E-state index contributed by atoms with van der Waals surface area (Å²) in [7, 11) is 0. The minimum absolute atomic E-state index is 0.241. The Labute approximate surface area is 158 Å². The van der Waals surface area contributed by atoms with E-state index < -0.39 is 0 Å². The number of carbonyl (C=O) groups is 1. The molecule has 1 atom stereocenters. The van der Waals surface area contributed by atoms with Gasteiger partial charge in [-0.15, -0.1) is 11.3 Å². The van der Waals surface area contributed by atoms with Crippen LogP contribution in [0.1, 0.15) is 49.4 Å². The van der Waals surface area contributed by atoms with Crippen LogP contribution < -0.4 is 0 Å². The van der Waals surface area contributed by atoms with Gasteiger partial charge in [-0.05, 0) is 44.6 Å². The maximum Gasteiger partial charge on any atom is 0.232 e. The number of amides is 1. The fraction of sp³-hybridized carbons (Fsp3) is 0.632. The Bertz CT molecular complexity index is 772. The van der Waals surface area contributed by atoms with E-state index in [1.54, 1.807) is 23.1 Å².